The molecule has 0 aliphatic carbocycles. The fourth-order valence-electron chi connectivity index (χ4n) is 3.89. The summed E-state index contributed by atoms with van der Waals surface area (Å²) in [7, 11) is 1.69. The zero-order chi connectivity index (χ0) is 23.7. The molecule has 1 unspecified atom stereocenters. The van der Waals surface area contributed by atoms with E-state index in [0.717, 1.165) is 35.4 Å². The number of carbonyl (C=O) groups is 2. The lowest BCUT2D eigenvalue weighted by molar-refractivity contribution is -0.133. The summed E-state index contributed by atoms with van der Waals surface area (Å²) in [6, 6.07) is 13.6. The molecule has 1 fully saturated rings. The number of ether oxygens (including phenoxy) is 1. The number of aromatic nitrogens is 3. The van der Waals surface area contributed by atoms with Crippen LogP contribution >= 0.6 is 11.3 Å². The van der Waals surface area contributed by atoms with Gasteiger partial charge in [0.25, 0.3) is 0 Å². The minimum Gasteiger partial charge on any atom is -0.381 e. The van der Waals surface area contributed by atoms with Crippen LogP contribution in [0.15, 0.2) is 48.5 Å². The first-order chi connectivity index (χ1) is 16.5. The number of fused-ring (bicyclic) bond motifs is 1. The van der Waals surface area contributed by atoms with Crippen LogP contribution in [0, 0.1) is 5.82 Å². The predicted molar refractivity (Wildman–Crippen MR) is 128 cm³/mol. The highest BCUT2D eigenvalue weighted by molar-refractivity contribution is 7.21. The Morgan fingerprint density at radius 2 is 1.97 bits per heavy atom. The van der Waals surface area contributed by atoms with Gasteiger partial charge in [-0.25, -0.2) is 9.37 Å². The number of halogens is 1. The van der Waals surface area contributed by atoms with Gasteiger partial charge >= 0.3 is 11.8 Å². The third-order valence-electron chi connectivity index (χ3n) is 5.68. The molecule has 2 aromatic carbocycles. The molecule has 5 rings (SSSR count). The molecule has 2 amide bonds. The van der Waals surface area contributed by atoms with E-state index in [1.807, 2.05) is 24.3 Å². The van der Waals surface area contributed by atoms with Crippen molar-refractivity contribution >= 4 is 44.9 Å². The first-order valence-electron chi connectivity index (χ1n) is 10.9. The van der Waals surface area contributed by atoms with Crippen molar-refractivity contribution < 1.29 is 18.7 Å². The average Bonchev–Trinajstić information content (AvgIpc) is 3.43. The molecule has 1 atom stereocenters. The lowest BCUT2D eigenvalue weighted by Gasteiger charge is -2.19. The van der Waals surface area contributed by atoms with Gasteiger partial charge in [0.05, 0.1) is 22.5 Å². The number of aryl methyl sites for hydroxylation is 1. The monoisotopic (exact) mass is 479 g/mol. The summed E-state index contributed by atoms with van der Waals surface area (Å²) in [6.07, 6.45) is 1.92. The van der Waals surface area contributed by atoms with Crippen molar-refractivity contribution in [1.82, 2.24) is 14.8 Å². The second-order valence-electron chi connectivity index (χ2n) is 8.08. The topological polar surface area (TPSA) is 98.1 Å². The molecule has 0 bridgehead atoms. The number of anilines is 2. The Labute approximate surface area is 198 Å². The molecule has 1 aliphatic rings. The quantitative estimate of drug-likeness (QED) is 0.425. The summed E-state index contributed by atoms with van der Waals surface area (Å²) in [5.74, 6) is -1.75. The second kappa shape index (κ2) is 9.32. The van der Waals surface area contributed by atoms with Crippen LogP contribution in [0.3, 0.4) is 0 Å². The van der Waals surface area contributed by atoms with E-state index < -0.39 is 17.6 Å². The van der Waals surface area contributed by atoms with Crippen LogP contribution < -0.4 is 10.6 Å². The third kappa shape index (κ3) is 4.55. The summed E-state index contributed by atoms with van der Waals surface area (Å²) in [5.41, 5.74) is 2.11. The van der Waals surface area contributed by atoms with Gasteiger partial charge in [-0.1, -0.05) is 12.1 Å². The minimum absolute atomic E-state index is 0.163. The largest absolute Gasteiger partial charge is 0.381 e. The molecule has 2 N–H and O–H groups in total. The number of nitrogens with one attached hydrogen (secondary N) is 2. The zero-order valence-corrected chi connectivity index (χ0v) is 19.2. The van der Waals surface area contributed by atoms with Crippen LogP contribution in [0.2, 0.25) is 0 Å². The summed E-state index contributed by atoms with van der Waals surface area (Å²) >= 11 is 1.39. The van der Waals surface area contributed by atoms with Crippen molar-refractivity contribution in [1.29, 1.82) is 0 Å². The lowest BCUT2D eigenvalue weighted by Crippen LogP contribution is -2.29. The lowest BCUT2D eigenvalue weighted by atomic mass is 9.99. The van der Waals surface area contributed by atoms with Crippen molar-refractivity contribution in [3.63, 3.8) is 0 Å². The predicted octanol–water partition coefficient (Wildman–Crippen LogP) is 4.31. The van der Waals surface area contributed by atoms with Gasteiger partial charge < -0.3 is 15.4 Å². The van der Waals surface area contributed by atoms with Gasteiger partial charge in [-0.2, -0.15) is 5.10 Å². The molecule has 10 heteroatoms. The molecule has 4 aromatic rings. The Hall–Kier alpha value is -3.63. The number of benzene rings is 2. The SMILES string of the molecule is Cn1nc(C2CCCOC2)cc1NC(=O)C(=O)Nc1ccc(-c2nc3ccccc3s2)c(F)c1. The number of para-hydroxylation sites is 1. The summed E-state index contributed by atoms with van der Waals surface area (Å²) < 4.78 is 22.8. The summed E-state index contributed by atoms with van der Waals surface area (Å²) in [6.45, 7) is 1.33. The number of nitrogens with zero attached hydrogens (tertiary/aromatic N) is 3. The van der Waals surface area contributed by atoms with E-state index in [0.29, 0.717) is 23.0 Å². The second-order valence-corrected chi connectivity index (χ2v) is 9.11. The normalized spacial score (nSPS) is 15.9. The number of hydrogen-bond donors (Lipinski definition) is 2. The van der Waals surface area contributed by atoms with Gasteiger partial charge in [-0.3, -0.25) is 14.3 Å². The Morgan fingerprint density at radius 3 is 2.74 bits per heavy atom. The highest BCUT2D eigenvalue weighted by atomic mass is 32.1. The highest BCUT2D eigenvalue weighted by Gasteiger charge is 2.22. The van der Waals surface area contributed by atoms with Crippen molar-refractivity contribution in [2.45, 2.75) is 18.8 Å². The molecular formula is C24H22FN5O3S. The van der Waals surface area contributed by atoms with E-state index in [-0.39, 0.29) is 11.6 Å². The van der Waals surface area contributed by atoms with Crippen LogP contribution in [0.1, 0.15) is 24.5 Å². The van der Waals surface area contributed by atoms with E-state index in [1.54, 1.807) is 25.2 Å². The summed E-state index contributed by atoms with van der Waals surface area (Å²) in [4.78, 5) is 29.3. The minimum atomic E-state index is -0.907. The molecule has 174 valence electrons. The maximum atomic E-state index is 14.8. The maximum Gasteiger partial charge on any atom is 0.315 e. The number of carbonyl (C=O) groups excluding carboxylic acids is 2. The number of thiazole rings is 1. The molecule has 0 spiro atoms. The van der Waals surface area contributed by atoms with Crippen molar-refractivity contribution in [3.8, 4) is 10.6 Å². The van der Waals surface area contributed by atoms with Gasteiger partial charge in [0.2, 0.25) is 0 Å². The van der Waals surface area contributed by atoms with Gasteiger partial charge in [0.15, 0.2) is 0 Å². The molecule has 1 saturated heterocycles. The van der Waals surface area contributed by atoms with Crippen LogP contribution in [0.25, 0.3) is 20.8 Å². The molecule has 0 radical (unpaired) electrons. The Bertz CT molecular complexity index is 1340. The highest BCUT2D eigenvalue weighted by Crippen LogP contribution is 2.32. The molecule has 3 heterocycles. The first-order valence-corrected chi connectivity index (χ1v) is 11.7. The Morgan fingerprint density at radius 1 is 1.15 bits per heavy atom. The van der Waals surface area contributed by atoms with Crippen LogP contribution in [0.5, 0.6) is 0 Å². The van der Waals surface area contributed by atoms with Crippen LogP contribution in [-0.2, 0) is 21.4 Å². The van der Waals surface area contributed by atoms with E-state index >= 15 is 0 Å². The Kier molecular flexibility index (Phi) is 6.08. The van der Waals surface area contributed by atoms with Gasteiger partial charge in [0, 0.05) is 36.9 Å². The van der Waals surface area contributed by atoms with Gasteiger partial charge in [-0.15, -0.1) is 11.3 Å². The smallest absolute Gasteiger partial charge is 0.315 e. The van der Waals surface area contributed by atoms with Gasteiger partial charge in [-0.05, 0) is 43.2 Å². The molecule has 2 aromatic heterocycles. The van der Waals surface area contributed by atoms with Crippen molar-refractivity contribution in [3.05, 3.63) is 60.0 Å². The van der Waals surface area contributed by atoms with Crippen LogP contribution in [0.4, 0.5) is 15.9 Å². The molecule has 0 saturated carbocycles. The zero-order valence-electron chi connectivity index (χ0n) is 18.4. The standard InChI is InChI=1S/C24H22FN5O3S/c1-30-21(12-19(29-30)14-5-4-10-33-13-14)28-23(32)22(31)26-15-8-9-16(17(25)11-15)24-27-18-6-2-3-7-20(18)34-24/h2-3,6-9,11-12,14H,4-5,10,13H2,1H3,(H,26,31)(H,28,32). The average molecular weight is 480 g/mol. The number of amides is 2. The van der Waals surface area contributed by atoms with Crippen molar-refractivity contribution in [2.24, 2.45) is 7.05 Å². The van der Waals surface area contributed by atoms with E-state index in [9.17, 15) is 14.0 Å². The fraction of sp³-hybridized carbons (Fsp3) is 0.250. The molecule has 1 aliphatic heterocycles. The van der Waals surface area contributed by atoms with E-state index in [1.165, 1.54) is 22.1 Å². The number of hydrogen-bond acceptors (Lipinski definition) is 6. The Balaban J connectivity index is 1.25. The van der Waals surface area contributed by atoms with E-state index in [4.69, 9.17) is 4.74 Å². The van der Waals surface area contributed by atoms with Gasteiger partial charge in [0.1, 0.15) is 16.6 Å². The first kappa shape index (κ1) is 22.2. The van der Waals surface area contributed by atoms with Crippen molar-refractivity contribution in [2.75, 3.05) is 23.8 Å². The summed E-state index contributed by atoms with van der Waals surface area (Å²) in [5, 5.41) is 9.98. The third-order valence-corrected chi connectivity index (χ3v) is 6.75. The van der Waals surface area contributed by atoms with E-state index in [2.05, 4.69) is 20.7 Å². The number of rotatable bonds is 4. The molecule has 34 heavy (non-hydrogen) atoms. The molecular weight excluding hydrogens is 457 g/mol. The fourth-order valence-corrected chi connectivity index (χ4v) is 4.89. The maximum absolute atomic E-state index is 14.8. The molecule has 8 nitrogen and oxygen atoms in total. The van der Waals surface area contributed by atoms with Crippen LogP contribution in [-0.4, -0.2) is 39.8 Å².